The smallest absolute Gasteiger partial charge is 0.225 e. The van der Waals surface area contributed by atoms with Gasteiger partial charge in [-0.3, -0.25) is 9.59 Å². The first-order valence-corrected chi connectivity index (χ1v) is 9.50. The van der Waals surface area contributed by atoms with Crippen molar-refractivity contribution in [2.75, 3.05) is 51.8 Å². The average molecular weight is 359 g/mol. The number of likely N-dealkylation sites (tertiary alicyclic amines) is 1. The van der Waals surface area contributed by atoms with E-state index >= 15 is 0 Å². The Morgan fingerprint density at radius 2 is 1.77 bits per heavy atom. The van der Waals surface area contributed by atoms with Gasteiger partial charge in [-0.15, -0.1) is 0 Å². The first-order valence-electron chi connectivity index (χ1n) is 9.50. The van der Waals surface area contributed by atoms with Crippen molar-refractivity contribution in [3.05, 3.63) is 24.3 Å². The van der Waals surface area contributed by atoms with Crippen LogP contribution >= 0.6 is 0 Å². The van der Waals surface area contributed by atoms with E-state index in [0.717, 1.165) is 50.3 Å². The number of carbonyl (C=O) groups excluding carboxylic acids is 2. The Labute approximate surface area is 155 Å². The SMILES string of the molecule is COc1ccc(N2CCN(C(=O)CC3CCCCN(C)C3=O)CC2)cc1. The second-order valence-corrected chi connectivity index (χ2v) is 7.22. The summed E-state index contributed by atoms with van der Waals surface area (Å²) in [6, 6.07) is 8.02. The number of hydrogen-bond donors (Lipinski definition) is 0. The molecule has 0 saturated carbocycles. The summed E-state index contributed by atoms with van der Waals surface area (Å²) in [5, 5.41) is 0. The number of nitrogens with zero attached hydrogens (tertiary/aromatic N) is 3. The van der Waals surface area contributed by atoms with Gasteiger partial charge in [0.1, 0.15) is 5.75 Å². The molecule has 2 fully saturated rings. The minimum absolute atomic E-state index is 0.119. The lowest BCUT2D eigenvalue weighted by Crippen LogP contribution is -2.49. The second kappa shape index (κ2) is 8.43. The summed E-state index contributed by atoms with van der Waals surface area (Å²) in [4.78, 5) is 31.1. The number of anilines is 1. The highest BCUT2D eigenvalue weighted by Gasteiger charge is 2.29. The fraction of sp³-hybridized carbons (Fsp3) is 0.600. The molecule has 2 aliphatic heterocycles. The molecule has 26 heavy (non-hydrogen) atoms. The third kappa shape index (κ3) is 4.29. The third-order valence-corrected chi connectivity index (χ3v) is 5.51. The zero-order valence-electron chi connectivity index (χ0n) is 15.8. The predicted molar refractivity (Wildman–Crippen MR) is 101 cm³/mol. The normalized spacial score (nSPS) is 21.5. The van der Waals surface area contributed by atoms with E-state index in [9.17, 15) is 9.59 Å². The third-order valence-electron chi connectivity index (χ3n) is 5.51. The maximum Gasteiger partial charge on any atom is 0.225 e. The monoisotopic (exact) mass is 359 g/mol. The quantitative estimate of drug-likeness (QED) is 0.825. The van der Waals surface area contributed by atoms with Gasteiger partial charge in [-0.2, -0.15) is 0 Å². The Bertz CT molecular complexity index is 624. The van der Waals surface area contributed by atoms with Crippen LogP contribution in [0.25, 0.3) is 0 Å². The van der Waals surface area contributed by atoms with Crippen molar-refractivity contribution in [3.8, 4) is 5.75 Å². The van der Waals surface area contributed by atoms with Crippen LogP contribution in [0.5, 0.6) is 5.75 Å². The average Bonchev–Trinajstić information content (AvgIpc) is 2.84. The van der Waals surface area contributed by atoms with Crippen molar-refractivity contribution in [2.45, 2.75) is 25.7 Å². The summed E-state index contributed by atoms with van der Waals surface area (Å²) in [6.07, 6.45) is 3.25. The molecule has 0 radical (unpaired) electrons. The Balaban J connectivity index is 1.52. The Kier molecular flexibility index (Phi) is 6.01. The van der Waals surface area contributed by atoms with Crippen LogP contribution in [0.3, 0.4) is 0 Å². The fourth-order valence-electron chi connectivity index (χ4n) is 3.82. The van der Waals surface area contributed by atoms with Crippen LogP contribution in [-0.4, -0.2) is 68.5 Å². The molecule has 1 aromatic rings. The van der Waals surface area contributed by atoms with Gasteiger partial charge in [0.2, 0.25) is 11.8 Å². The highest BCUT2D eigenvalue weighted by molar-refractivity contribution is 5.86. The van der Waals surface area contributed by atoms with E-state index in [1.54, 1.807) is 12.0 Å². The number of piperazine rings is 1. The van der Waals surface area contributed by atoms with Gasteiger partial charge in [0.25, 0.3) is 0 Å². The van der Waals surface area contributed by atoms with E-state index < -0.39 is 0 Å². The molecule has 2 saturated heterocycles. The maximum absolute atomic E-state index is 12.7. The summed E-state index contributed by atoms with van der Waals surface area (Å²) >= 11 is 0. The maximum atomic E-state index is 12.7. The number of ether oxygens (including phenoxy) is 1. The van der Waals surface area contributed by atoms with Gasteiger partial charge >= 0.3 is 0 Å². The van der Waals surface area contributed by atoms with Gasteiger partial charge in [-0.05, 0) is 37.1 Å². The lowest BCUT2D eigenvalue weighted by Gasteiger charge is -2.36. The Morgan fingerprint density at radius 1 is 1.08 bits per heavy atom. The first kappa shape index (κ1) is 18.5. The zero-order valence-corrected chi connectivity index (χ0v) is 15.8. The summed E-state index contributed by atoms with van der Waals surface area (Å²) in [7, 11) is 3.51. The highest BCUT2D eigenvalue weighted by atomic mass is 16.5. The minimum Gasteiger partial charge on any atom is -0.497 e. The molecule has 142 valence electrons. The number of amides is 2. The molecule has 6 heteroatoms. The van der Waals surface area contributed by atoms with Gasteiger partial charge in [0.05, 0.1) is 7.11 Å². The number of benzene rings is 1. The fourth-order valence-corrected chi connectivity index (χ4v) is 3.82. The van der Waals surface area contributed by atoms with E-state index in [4.69, 9.17) is 4.74 Å². The summed E-state index contributed by atoms with van der Waals surface area (Å²) in [6.45, 7) is 3.86. The molecule has 0 aromatic heterocycles. The molecule has 3 rings (SSSR count). The van der Waals surface area contributed by atoms with Crippen molar-refractivity contribution >= 4 is 17.5 Å². The van der Waals surface area contributed by atoms with Crippen LogP contribution in [0.1, 0.15) is 25.7 Å². The van der Waals surface area contributed by atoms with Gasteiger partial charge in [0, 0.05) is 57.8 Å². The molecule has 2 aliphatic rings. The van der Waals surface area contributed by atoms with E-state index in [1.807, 2.05) is 24.1 Å². The first-order chi connectivity index (χ1) is 12.6. The number of rotatable bonds is 4. The predicted octanol–water partition coefficient (Wildman–Crippen LogP) is 1.99. The molecule has 2 amide bonds. The molecule has 1 atom stereocenters. The Hall–Kier alpha value is -2.24. The van der Waals surface area contributed by atoms with E-state index in [0.29, 0.717) is 19.5 Å². The number of carbonyl (C=O) groups is 2. The highest BCUT2D eigenvalue weighted by Crippen LogP contribution is 2.23. The molecule has 0 N–H and O–H groups in total. The molecular weight excluding hydrogens is 330 g/mol. The van der Waals surface area contributed by atoms with Crippen LogP contribution in [0, 0.1) is 5.92 Å². The van der Waals surface area contributed by atoms with Crippen LogP contribution < -0.4 is 9.64 Å². The van der Waals surface area contributed by atoms with Gasteiger partial charge in [-0.1, -0.05) is 6.42 Å². The van der Waals surface area contributed by atoms with Crippen molar-refractivity contribution in [3.63, 3.8) is 0 Å². The van der Waals surface area contributed by atoms with Gasteiger partial charge < -0.3 is 19.4 Å². The standard InChI is InChI=1S/C20H29N3O3/c1-21-10-4-3-5-16(20(21)25)15-19(24)23-13-11-22(12-14-23)17-6-8-18(26-2)9-7-17/h6-9,16H,3-5,10-15H2,1-2H3. The zero-order chi connectivity index (χ0) is 18.5. The van der Waals surface area contributed by atoms with E-state index in [1.165, 1.54) is 0 Å². The Morgan fingerprint density at radius 3 is 2.42 bits per heavy atom. The van der Waals surface area contributed by atoms with Crippen LogP contribution in [0.15, 0.2) is 24.3 Å². The molecule has 0 bridgehead atoms. The van der Waals surface area contributed by atoms with Crippen LogP contribution in [0.2, 0.25) is 0 Å². The molecule has 1 aromatic carbocycles. The minimum atomic E-state index is -0.144. The topological polar surface area (TPSA) is 53.1 Å². The van der Waals surface area contributed by atoms with Crippen molar-refractivity contribution < 1.29 is 14.3 Å². The lowest BCUT2D eigenvalue weighted by atomic mass is 9.97. The second-order valence-electron chi connectivity index (χ2n) is 7.22. The van der Waals surface area contributed by atoms with Crippen molar-refractivity contribution in [1.29, 1.82) is 0 Å². The molecule has 6 nitrogen and oxygen atoms in total. The van der Waals surface area contributed by atoms with Crippen molar-refractivity contribution in [2.24, 2.45) is 5.92 Å². The van der Waals surface area contributed by atoms with E-state index in [2.05, 4.69) is 17.0 Å². The molecule has 0 aliphatic carbocycles. The largest absolute Gasteiger partial charge is 0.497 e. The van der Waals surface area contributed by atoms with Crippen LogP contribution in [-0.2, 0) is 9.59 Å². The molecular formula is C20H29N3O3. The summed E-state index contributed by atoms with van der Waals surface area (Å²) in [5.41, 5.74) is 1.15. The summed E-state index contributed by atoms with van der Waals surface area (Å²) < 4.78 is 5.20. The van der Waals surface area contributed by atoms with Crippen molar-refractivity contribution in [1.82, 2.24) is 9.80 Å². The van der Waals surface area contributed by atoms with Crippen LogP contribution in [0.4, 0.5) is 5.69 Å². The lowest BCUT2D eigenvalue weighted by molar-refractivity contribution is -0.140. The molecule has 1 unspecified atom stereocenters. The van der Waals surface area contributed by atoms with Gasteiger partial charge in [-0.25, -0.2) is 0 Å². The van der Waals surface area contributed by atoms with E-state index in [-0.39, 0.29) is 17.7 Å². The summed E-state index contributed by atoms with van der Waals surface area (Å²) in [5.74, 6) is 0.955. The molecule has 2 heterocycles. The molecule has 0 spiro atoms. The number of hydrogen-bond acceptors (Lipinski definition) is 4. The number of methoxy groups -OCH3 is 1. The van der Waals surface area contributed by atoms with Gasteiger partial charge in [0.15, 0.2) is 0 Å².